The van der Waals surface area contributed by atoms with Crippen molar-refractivity contribution in [1.82, 2.24) is 9.97 Å². The number of ketones is 1. The van der Waals surface area contributed by atoms with Crippen LogP contribution in [0.2, 0.25) is 0 Å². The molecule has 25 heavy (non-hydrogen) atoms. The first kappa shape index (κ1) is 17.7. The van der Waals surface area contributed by atoms with E-state index >= 15 is 0 Å². The van der Waals surface area contributed by atoms with Crippen LogP contribution in [0.3, 0.4) is 0 Å². The van der Waals surface area contributed by atoms with Crippen LogP contribution in [-0.2, 0) is 5.75 Å². The highest BCUT2D eigenvalue weighted by atomic mass is 32.2. The molecule has 3 rings (SSSR count). The molecule has 0 atom stereocenters. The van der Waals surface area contributed by atoms with E-state index in [1.54, 1.807) is 31.4 Å². The van der Waals surface area contributed by atoms with Crippen LogP contribution in [0.25, 0.3) is 10.2 Å². The minimum atomic E-state index is -0.107. The van der Waals surface area contributed by atoms with E-state index in [4.69, 9.17) is 4.74 Å². The summed E-state index contributed by atoms with van der Waals surface area (Å²) in [6.07, 6.45) is 0. The minimum absolute atomic E-state index is 0.0406. The molecule has 5 nitrogen and oxygen atoms in total. The van der Waals surface area contributed by atoms with Gasteiger partial charge >= 0.3 is 0 Å². The Balaban J connectivity index is 1.66. The largest absolute Gasteiger partial charge is 0.497 e. The Morgan fingerprint density at radius 1 is 1.28 bits per heavy atom. The molecule has 2 heterocycles. The van der Waals surface area contributed by atoms with Crippen LogP contribution in [0.1, 0.15) is 26.6 Å². The summed E-state index contributed by atoms with van der Waals surface area (Å²) in [5.74, 6) is 2.19. The molecular weight excluding hydrogens is 356 g/mol. The van der Waals surface area contributed by atoms with E-state index in [0.717, 1.165) is 21.0 Å². The number of Topliss-reactive ketones (excluding diaryl/α,β-unsaturated/α-hetero) is 1. The van der Waals surface area contributed by atoms with Gasteiger partial charge in [-0.15, -0.1) is 23.1 Å². The quantitative estimate of drug-likeness (QED) is 0.666. The van der Waals surface area contributed by atoms with Crippen LogP contribution in [-0.4, -0.2) is 28.6 Å². The fourth-order valence-electron chi connectivity index (χ4n) is 2.47. The van der Waals surface area contributed by atoms with Crippen LogP contribution in [0, 0.1) is 13.8 Å². The zero-order chi connectivity index (χ0) is 18.0. The van der Waals surface area contributed by atoms with Crippen LogP contribution in [0.4, 0.5) is 0 Å². The third-order valence-corrected chi connectivity index (χ3v) is 6.02. The molecule has 0 unspecified atom stereocenters. The number of methoxy groups -OCH3 is 1. The normalized spacial score (nSPS) is 11.0. The SMILES string of the molecule is COc1ccc(C(=O)CSCc2nc3sc(C)c(C)c3c(=O)[nH]2)cc1. The number of hydrogen-bond acceptors (Lipinski definition) is 6. The number of thiophene rings is 1. The van der Waals surface area contributed by atoms with Crippen molar-refractivity contribution in [2.45, 2.75) is 19.6 Å². The molecule has 0 saturated heterocycles. The molecule has 0 aliphatic carbocycles. The first-order valence-electron chi connectivity index (χ1n) is 7.73. The maximum Gasteiger partial charge on any atom is 0.259 e. The van der Waals surface area contributed by atoms with Crippen molar-refractivity contribution < 1.29 is 9.53 Å². The average Bonchev–Trinajstić information content (AvgIpc) is 2.89. The topological polar surface area (TPSA) is 72.0 Å². The molecule has 0 aliphatic heterocycles. The summed E-state index contributed by atoms with van der Waals surface area (Å²) in [5, 5.41) is 0.672. The maximum atomic E-state index is 12.2. The molecule has 0 aliphatic rings. The maximum absolute atomic E-state index is 12.2. The van der Waals surface area contributed by atoms with E-state index in [1.165, 1.54) is 23.1 Å². The van der Waals surface area contributed by atoms with Crippen molar-refractivity contribution in [3.63, 3.8) is 0 Å². The molecular formula is C18H18N2O3S2. The molecule has 0 amide bonds. The number of aromatic amines is 1. The van der Waals surface area contributed by atoms with E-state index < -0.39 is 0 Å². The Morgan fingerprint density at radius 3 is 2.68 bits per heavy atom. The molecule has 0 saturated carbocycles. The number of aryl methyl sites for hydroxylation is 2. The van der Waals surface area contributed by atoms with Crippen molar-refractivity contribution >= 4 is 39.1 Å². The number of ether oxygens (including phenoxy) is 1. The number of nitrogens with zero attached hydrogens (tertiary/aromatic N) is 1. The predicted molar refractivity (Wildman–Crippen MR) is 103 cm³/mol. The number of aromatic nitrogens is 2. The predicted octanol–water partition coefficient (Wildman–Crippen LogP) is 3.73. The number of hydrogen-bond donors (Lipinski definition) is 1. The van der Waals surface area contributed by atoms with Crippen LogP contribution >= 0.6 is 23.1 Å². The fourth-order valence-corrected chi connectivity index (χ4v) is 4.30. The van der Waals surface area contributed by atoms with E-state index in [1.807, 2.05) is 13.8 Å². The Kier molecular flexibility index (Phi) is 5.24. The first-order chi connectivity index (χ1) is 12.0. The molecule has 1 aromatic carbocycles. The smallest absolute Gasteiger partial charge is 0.259 e. The van der Waals surface area contributed by atoms with Gasteiger partial charge in [-0.1, -0.05) is 0 Å². The van der Waals surface area contributed by atoms with Crippen molar-refractivity contribution in [2.24, 2.45) is 0 Å². The summed E-state index contributed by atoms with van der Waals surface area (Å²) in [6, 6.07) is 7.05. The standard InChI is InChI=1S/C18H18N2O3S2/c1-10-11(2)25-18-16(10)17(22)19-15(20-18)9-24-8-14(21)12-4-6-13(23-3)7-5-12/h4-7H,8-9H2,1-3H3,(H,19,20,22). The molecule has 3 aromatic rings. The Morgan fingerprint density at radius 2 is 2.00 bits per heavy atom. The first-order valence-corrected chi connectivity index (χ1v) is 9.70. The molecule has 130 valence electrons. The van der Waals surface area contributed by atoms with Gasteiger partial charge in [-0.3, -0.25) is 9.59 Å². The highest BCUT2D eigenvalue weighted by molar-refractivity contribution is 7.99. The number of thioether (sulfide) groups is 1. The minimum Gasteiger partial charge on any atom is -0.497 e. The van der Waals surface area contributed by atoms with Gasteiger partial charge in [-0.2, -0.15) is 0 Å². The molecule has 1 N–H and O–H groups in total. The van der Waals surface area contributed by atoms with Crippen LogP contribution in [0.15, 0.2) is 29.1 Å². The molecule has 7 heteroatoms. The van der Waals surface area contributed by atoms with Gasteiger partial charge in [0, 0.05) is 10.4 Å². The number of nitrogens with one attached hydrogen (secondary N) is 1. The van der Waals surface area contributed by atoms with Gasteiger partial charge in [0.2, 0.25) is 0 Å². The summed E-state index contributed by atoms with van der Waals surface area (Å²) < 4.78 is 5.09. The lowest BCUT2D eigenvalue weighted by molar-refractivity contribution is 0.102. The molecule has 2 aromatic heterocycles. The van der Waals surface area contributed by atoms with Crippen LogP contribution in [0.5, 0.6) is 5.75 Å². The number of rotatable bonds is 6. The van der Waals surface area contributed by atoms with E-state index in [9.17, 15) is 9.59 Å². The molecule has 0 fully saturated rings. The number of fused-ring (bicyclic) bond motifs is 1. The summed E-state index contributed by atoms with van der Waals surface area (Å²) in [7, 11) is 1.59. The second-order valence-corrected chi connectivity index (χ2v) is 7.81. The third kappa shape index (κ3) is 3.77. The van der Waals surface area contributed by atoms with Gasteiger partial charge in [0.15, 0.2) is 5.78 Å². The average molecular weight is 374 g/mol. The van der Waals surface area contributed by atoms with Crippen LogP contribution < -0.4 is 10.3 Å². The number of H-pyrrole nitrogens is 1. The third-order valence-electron chi connectivity index (χ3n) is 3.97. The Labute approximate surface area is 153 Å². The van der Waals surface area contributed by atoms with Gasteiger partial charge in [0.05, 0.1) is 24.0 Å². The van der Waals surface area contributed by atoms with E-state index in [2.05, 4.69) is 9.97 Å². The fraction of sp³-hybridized carbons (Fsp3) is 0.278. The lowest BCUT2D eigenvalue weighted by Gasteiger charge is -2.04. The lowest BCUT2D eigenvalue weighted by atomic mass is 10.1. The highest BCUT2D eigenvalue weighted by Gasteiger charge is 2.12. The summed E-state index contributed by atoms with van der Waals surface area (Å²) >= 11 is 2.97. The summed E-state index contributed by atoms with van der Waals surface area (Å²) in [5.41, 5.74) is 1.53. The Bertz CT molecular complexity index is 974. The Hall–Kier alpha value is -2.12. The van der Waals surface area contributed by atoms with Crippen molar-refractivity contribution in [1.29, 1.82) is 0 Å². The zero-order valence-corrected chi connectivity index (χ0v) is 15.8. The molecule has 0 bridgehead atoms. The summed E-state index contributed by atoms with van der Waals surface area (Å²) in [6.45, 7) is 3.93. The van der Waals surface area contributed by atoms with E-state index in [-0.39, 0.29) is 11.3 Å². The van der Waals surface area contributed by atoms with Crippen molar-refractivity contribution in [2.75, 3.05) is 12.9 Å². The van der Waals surface area contributed by atoms with Crippen molar-refractivity contribution in [3.05, 3.63) is 56.4 Å². The summed E-state index contributed by atoms with van der Waals surface area (Å²) in [4.78, 5) is 33.7. The monoisotopic (exact) mass is 374 g/mol. The molecule has 0 spiro atoms. The molecule has 0 radical (unpaired) electrons. The van der Waals surface area contributed by atoms with Gasteiger partial charge in [0.1, 0.15) is 16.4 Å². The number of carbonyl (C=O) groups excluding carboxylic acids is 1. The second kappa shape index (κ2) is 7.41. The lowest BCUT2D eigenvalue weighted by Crippen LogP contribution is -2.11. The van der Waals surface area contributed by atoms with E-state index in [0.29, 0.717) is 28.3 Å². The zero-order valence-electron chi connectivity index (χ0n) is 14.2. The second-order valence-electron chi connectivity index (χ2n) is 5.62. The highest BCUT2D eigenvalue weighted by Crippen LogP contribution is 2.26. The van der Waals surface area contributed by atoms with Gasteiger partial charge in [-0.25, -0.2) is 4.98 Å². The van der Waals surface area contributed by atoms with Crippen molar-refractivity contribution in [3.8, 4) is 5.75 Å². The van der Waals surface area contributed by atoms with Gasteiger partial charge in [0.25, 0.3) is 5.56 Å². The van der Waals surface area contributed by atoms with Gasteiger partial charge in [-0.05, 0) is 43.7 Å². The number of carbonyl (C=O) groups is 1. The van der Waals surface area contributed by atoms with Gasteiger partial charge < -0.3 is 9.72 Å². The number of benzene rings is 1.